The Morgan fingerprint density at radius 2 is 1.94 bits per heavy atom. The maximum atomic E-state index is 13.3. The van der Waals surface area contributed by atoms with E-state index in [1.807, 2.05) is 48.5 Å². The van der Waals surface area contributed by atoms with Crippen LogP contribution in [0.25, 0.3) is 17.5 Å². The molecule has 2 N–H and O–H groups in total. The number of fused-ring (bicyclic) bond motifs is 1. The van der Waals surface area contributed by atoms with E-state index in [9.17, 15) is 14.9 Å². The van der Waals surface area contributed by atoms with Crippen LogP contribution in [0.4, 0.5) is 0 Å². The molecule has 0 bridgehead atoms. The Hall–Kier alpha value is -2.93. The molecule has 1 aromatic heterocycles. The maximum Gasteiger partial charge on any atom is 0.338 e. The number of halogens is 2. The van der Waals surface area contributed by atoms with Gasteiger partial charge in [-0.15, -0.1) is 11.3 Å². The van der Waals surface area contributed by atoms with Crippen molar-refractivity contribution in [1.29, 1.82) is 5.26 Å². The lowest BCUT2D eigenvalue weighted by Crippen LogP contribution is -2.40. The summed E-state index contributed by atoms with van der Waals surface area (Å²) in [6.45, 7) is 1.82. The summed E-state index contributed by atoms with van der Waals surface area (Å²) in [5.41, 5.74) is 7.88. The van der Waals surface area contributed by atoms with Crippen molar-refractivity contribution in [2.24, 2.45) is 5.73 Å². The summed E-state index contributed by atoms with van der Waals surface area (Å²) in [7, 11) is 0. The maximum absolute atomic E-state index is 13.3. The number of nitrogens with zero attached hydrogens (tertiary/aromatic N) is 2. The summed E-state index contributed by atoms with van der Waals surface area (Å²) in [5.74, 6) is -1.44. The molecule has 1 atom stereocenters. The van der Waals surface area contributed by atoms with Crippen molar-refractivity contribution in [3.05, 3.63) is 93.7 Å². The van der Waals surface area contributed by atoms with Gasteiger partial charge in [-0.1, -0.05) is 56.1 Å². The number of carbonyl (C=O) groups is 1. The van der Waals surface area contributed by atoms with Crippen LogP contribution in [0.3, 0.4) is 0 Å². The molecule has 0 unspecified atom stereocenters. The van der Waals surface area contributed by atoms with Crippen LogP contribution in [-0.2, 0) is 9.53 Å². The molecule has 0 saturated carbocycles. The Morgan fingerprint density at radius 1 is 1.24 bits per heavy atom. The highest BCUT2D eigenvalue weighted by Gasteiger charge is 2.36. The number of ether oxygens (including phenoxy) is 1. The third-order valence-corrected chi connectivity index (χ3v) is 7.19. The van der Waals surface area contributed by atoms with Crippen LogP contribution >= 0.6 is 43.2 Å². The highest BCUT2D eigenvalue weighted by molar-refractivity contribution is 9.10. The second kappa shape index (κ2) is 9.51. The number of hydrogen-bond acceptors (Lipinski definition) is 6. The minimum Gasteiger partial charge on any atom is -0.463 e. The van der Waals surface area contributed by atoms with Crippen LogP contribution in [0.2, 0.25) is 0 Å². The van der Waals surface area contributed by atoms with Gasteiger partial charge in [-0.2, -0.15) is 5.26 Å². The lowest BCUT2D eigenvalue weighted by atomic mass is 9.84. The number of esters is 1. The van der Waals surface area contributed by atoms with Gasteiger partial charge in [0.2, 0.25) is 0 Å². The minimum absolute atomic E-state index is 0.0254. The molecular weight excluding hydrogens is 570 g/mol. The Morgan fingerprint density at radius 3 is 2.58 bits per heavy atom. The number of rotatable bonds is 4. The first-order valence-electron chi connectivity index (χ1n) is 9.91. The predicted molar refractivity (Wildman–Crippen MR) is 135 cm³/mol. The van der Waals surface area contributed by atoms with Gasteiger partial charge in [0.15, 0.2) is 0 Å². The largest absolute Gasteiger partial charge is 0.463 e. The quantitative estimate of drug-likeness (QED) is 0.472. The molecule has 9 heteroatoms. The van der Waals surface area contributed by atoms with Crippen LogP contribution in [0.15, 0.2) is 67.8 Å². The van der Waals surface area contributed by atoms with Crippen LogP contribution < -0.4 is 20.5 Å². The molecule has 166 valence electrons. The number of thiazole rings is 1. The Balaban J connectivity index is 2.08. The third-order valence-electron chi connectivity index (χ3n) is 5.09. The highest BCUT2D eigenvalue weighted by atomic mass is 79.9. The van der Waals surface area contributed by atoms with Gasteiger partial charge >= 0.3 is 5.97 Å². The van der Waals surface area contributed by atoms with Gasteiger partial charge in [0.1, 0.15) is 10.5 Å². The van der Waals surface area contributed by atoms with E-state index in [1.54, 1.807) is 13.0 Å². The van der Waals surface area contributed by atoms with Crippen molar-refractivity contribution in [1.82, 2.24) is 4.57 Å². The van der Waals surface area contributed by atoms with Gasteiger partial charge in [0.25, 0.3) is 5.56 Å². The number of nitriles is 1. The molecule has 1 aliphatic heterocycles. The first kappa shape index (κ1) is 23.2. The van der Waals surface area contributed by atoms with Crippen LogP contribution in [0, 0.1) is 11.3 Å². The average molecular weight is 587 g/mol. The molecule has 0 aliphatic carbocycles. The Bertz CT molecular complexity index is 1530. The summed E-state index contributed by atoms with van der Waals surface area (Å²) < 4.78 is 8.97. The molecule has 3 aromatic rings. The monoisotopic (exact) mass is 585 g/mol. The van der Waals surface area contributed by atoms with Gasteiger partial charge in [-0.05, 0) is 48.4 Å². The fourth-order valence-corrected chi connectivity index (χ4v) is 5.69. The Labute approximate surface area is 210 Å². The minimum atomic E-state index is -0.761. The number of carbonyl (C=O) groups excluding carboxylic acids is 1. The summed E-state index contributed by atoms with van der Waals surface area (Å²) >= 11 is 8.05. The van der Waals surface area contributed by atoms with E-state index in [4.69, 9.17) is 10.5 Å². The molecule has 0 fully saturated rings. The smallest absolute Gasteiger partial charge is 0.338 e. The fraction of sp³-hybridized carbons (Fsp3) is 0.125. The van der Waals surface area contributed by atoms with Crippen LogP contribution in [0.1, 0.15) is 24.0 Å². The van der Waals surface area contributed by atoms with Crippen molar-refractivity contribution in [3.63, 3.8) is 0 Å². The van der Waals surface area contributed by atoms with E-state index in [-0.39, 0.29) is 23.6 Å². The zero-order chi connectivity index (χ0) is 23.7. The van der Waals surface area contributed by atoms with Gasteiger partial charge in [-0.25, -0.2) is 4.79 Å². The van der Waals surface area contributed by atoms with Crippen molar-refractivity contribution in [3.8, 4) is 6.07 Å². The van der Waals surface area contributed by atoms with Gasteiger partial charge in [0.05, 0.1) is 34.3 Å². The molecular formula is C24H17Br2N3O3S. The molecule has 2 aromatic carbocycles. The van der Waals surface area contributed by atoms with Gasteiger partial charge < -0.3 is 10.5 Å². The van der Waals surface area contributed by atoms with Gasteiger partial charge in [-0.3, -0.25) is 9.36 Å². The zero-order valence-electron chi connectivity index (χ0n) is 17.3. The lowest BCUT2D eigenvalue weighted by molar-refractivity contribution is -0.138. The molecule has 1 aliphatic rings. The van der Waals surface area contributed by atoms with E-state index >= 15 is 0 Å². The summed E-state index contributed by atoms with van der Waals surface area (Å²) in [6, 6.07) is 17.0. The van der Waals surface area contributed by atoms with Gasteiger partial charge in [0, 0.05) is 8.95 Å². The molecule has 0 radical (unpaired) electrons. The first-order chi connectivity index (χ1) is 15.8. The molecule has 0 spiro atoms. The first-order valence-corrected chi connectivity index (χ1v) is 12.3. The third kappa shape index (κ3) is 4.34. The molecule has 4 rings (SSSR count). The SMILES string of the molecule is CCOC(=O)C1=C(N)n2c(s/c(=C\c3cccc(Br)c3)c2=O)=C(C#N)[C@@H]1c1cccc(Br)c1. The number of nitrogens with two attached hydrogens (primary N) is 1. The number of aromatic nitrogens is 1. The van der Waals surface area contributed by atoms with Crippen LogP contribution in [0.5, 0.6) is 0 Å². The second-order valence-corrected chi connectivity index (χ2v) is 10.0. The topological polar surface area (TPSA) is 98.1 Å². The Kier molecular flexibility index (Phi) is 6.70. The molecule has 2 heterocycles. The molecule has 0 amide bonds. The summed E-state index contributed by atoms with van der Waals surface area (Å²) in [4.78, 5) is 26.3. The standard InChI is InChI=1S/C24H17Br2N3O3S/c1-2-32-24(31)20-19(14-6-4-8-16(26)11-14)17(12-27)23-29(21(20)28)22(30)18(33-23)10-13-5-3-7-15(25)9-13/h3-11,19H,2,28H2,1H3/b18-10-/t19-/m0/s1. The van der Waals surface area contributed by atoms with Crippen molar-refractivity contribution >= 4 is 66.6 Å². The highest BCUT2D eigenvalue weighted by Crippen LogP contribution is 2.37. The van der Waals surface area contributed by atoms with E-state index in [1.165, 1.54) is 15.9 Å². The van der Waals surface area contributed by atoms with Crippen molar-refractivity contribution < 1.29 is 9.53 Å². The van der Waals surface area contributed by atoms with E-state index in [0.29, 0.717) is 14.8 Å². The zero-order valence-corrected chi connectivity index (χ0v) is 21.3. The predicted octanol–water partition coefficient (Wildman–Crippen LogP) is 3.43. The summed E-state index contributed by atoms with van der Waals surface area (Å²) in [6.07, 6.45) is 1.74. The summed E-state index contributed by atoms with van der Waals surface area (Å²) in [5, 5.41) is 10.1. The van der Waals surface area contributed by atoms with E-state index in [2.05, 4.69) is 37.9 Å². The number of hydrogen-bond donors (Lipinski definition) is 1. The van der Waals surface area contributed by atoms with Crippen LogP contribution in [-0.4, -0.2) is 17.1 Å². The average Bonchev–Trinajstić information content (AvgIpc) is 3.10. The molecule has 33 heavy (non-hydrogen) atoms. The van der Waals surface area contributed by atoms with E-state index in [0.717, 1.165) is 14.5 Å². The van der Waals surface area contributed by atoms with Crippen molar-refractivity contribution in [2.75, 3.05) is 6.61 Å². The van der Waals surface area contributed by atoms with Crippen molar-refractivity contribution in [2.45, 2.75) is 12.8 Å². The normalized spacial score (nSPS) is 15.9. The van der Waals surface area contributed by atoms with E-state index < -0.39 is 17.4 Å². The molecule has 0 saturated heterocycles. The lowest BCUT2D eigenvalue weighted by Gasteiger charge is -2.25. The number of benzene rings is 2. The molecule has 6 nitrogen and oxygen atoms in total. The fourth-order valence-electron chi connectivity index (χ4n) is 3.73. The second-order valence-electron chi connectivity index (χ2n) is 7.14.